The molecule has 3 rings (SSSR count). The summed E-state index contributed by atoms with van der Waals surface area (Å²) in [6, 6.07) is 5.66. The predicted molar refractivity (Wildman–Crippen MR) is 106 cm³/mol. The summed E-state index contributed by atoms with van der Waals surface area (Å²) in [4.78, 5) is 21.0. The summed E-state index contributed by atoms with van der Waals surface area (Å²) in [5.74, 6) is 2.23. The summed E-state index contributed by atoms with van der Waals surface area (Å²) in [6.45, 7) is 5.90. The molecule has 1 aromatic heterocycles. The fourth-order valence-corrected chi connectivity index (χ4v) is 3.55. The quantitative estimate of drug-likeness (QED) is 0.671. The summed E-state index contributed by atoms with van der Waals surface area (Å²) in [5.41, 5.74) is 1.06. The van der Waals surface area contributed by atoms with Crippen LogP contribution in [0.15, 0.2) is 22.7 Å². The van der Waals surface area contributed by atoms with Crippen molar-refractivity contribution < 1.29 is 14.1 Å². The maximum absolute atomic E-state index is 12.5. The Morgan fingerprint density at radius 2 is 2.04 bits per heavy atom. The fraction of sp³-hybridized carbons (Fsp3) is 0.550. The lowest BCUT2D eigenvalue weighted by Gasteiger charge is -2.35. The van der Waals surface area contributed by atoms with Gasteiger partial charge in [-0.1, -0.05) is 23.7 Å². The first-order valence-corrected chi connectivity index (χ1v) is 10.1. The molecule has 0 aliphatic carbocycles. The van der Waals surface area contributed by atoms with E-state index in [9.17, 15) is 4.79 Å². The second-order valence-corrected chi connectivity index (χ2v) is 7.40. The van der Waals surface area contributed by atoms with Gasteiger partial charge in [-0.15, -0.1) is 0 Å². The van der Waals surface area contributed by atoms with Crippen LogP contribution in [0.4, 0.5) is 0 Å². The van der Waals surface area contributed by atoms with Crippen molar-refractivity contribution in [2.24, 2.45) is 0 Å². The molecular formula is C20H27ClN4O3. The zero-order chi connectivity index (χ0) is 19.9. The molecule has 2 heterocycles. The number of benzene rings is 1. The van der Waals surface area contributed by atoms with Crippen LogP contribution < -0.4 is 4.74 Å². The van der Waals surface area contributed by atoms with E-state index in [0.29, 0.717) is 36.8 Å². The lowest BCUT2D eigenvalue weighted by molar-refractivity contribution is -0.133. The van der Waals surface area contributed by atoms with E-state index in [1.807, 2.05) is 23.1 Å². The van der Waals surface area contributed by atoms with Gasteiger partial charge in [0.2, 0.25) is 11.8 Å². The molecule has 0 saturated carbocycles. The van der Waals surface area contributed by atoms with Gasteiger partial charge >= 0.3 is 0 Å². The van der Waals surface area contributed by atoms with E-state index in [0.717, 1.165) is 49.6 Å². The third kappa shape index (κ3) is 5.45. The molecule has 1 aliphatic rings. The van der Waals surface area contributed by atoms with E-state index >= 15 is 0 Å². The van der Waals surface area contributed by atoms with Gasteiger partial charge in [0.1, 0.15) is 5.75 Å². The van der Waals surface area contributed by atoms with Gasteiger partial charge in [-0.05, 0) is 24.6 Å². The van der Waals surface area contributed by atoms with Gasteiger partial charge < -0.3 is 14.2 Å². The number of piperazine rings is 1. The van der Waals surface area contributed by atoms with Gasteiger partial charge in [0, 0.05) is 62.6 Å². The third-order valence-corrected chi connectivity index (χ3v) is 5.13. The van der Waals surface area contributed by atoms with Crippen molar-refractivity contribution >= 4 is 17.5 Å². The largest absolute Gasteiger partial charge is 0.496 e. The van der Waals surface area contributed by atoms with E-state index in [-0.39, 0.29) is 5.91 Å². The molecule has 1 aliphatic heterocycles. The maximum Gasteiger partial charge on any atom is 0.227 e. The minimum atomic E-state index is 0.134. The monoisotopic (exact) mass is 406 g/mol. The lowest BCUT2D eigenvalue weighted by Crippen LogP contribution is -2.48. The summed E-state index contributed by atoms with van der Waals surface area (Å²) in [6.07, 6.45) is 2.67. The third-order valence-electron chi connectivity index (χ3n) is 4.90. The first kappa shape index (κ1) is 20.6. The second-order valence-electron chi connectivity index (χ2n) is 6.97. The molecule has 1 fully saturated rings. The van der Waals surface area contributed by atoms with Crippen LogP contribution in [0.3, 0.4) is 0 Å². The highest BCUT2D eigenvalue weighted by Crippen LogP contribution is 2.24. The molecule has 0 unspecified atom stereocenters. The van der Waals surface area contributed by atoms with Gasteiger partial charge in [0.15, 0.2) is 5.82 Å². The Kier molecular flexibility index (Phi) is 7.28. The van der Waals surface area contributed by atoms with E-state index in [2.05, 4.69) is 22.0 Å². The van der Waals surface area contributed by atoms with Crippen molar-refractivity contribution in [3.63, 3.8) is 0 Å². The number of amides is 1. The van der Waals surface area contributed by atoms with Crippen LogP contribution in [-0.4, -0.2) is 59.1 Å². The van der Waals surface area contributed by atoms with E-state index in [1.54, 1.807) is 7.11 Å². The van der Waals surface area contributed by atoms with Gasteiger partial charge in [-0.25, -0.2) is 0 Å². The summed E-state index contributed by atoms with van der Waals surface area (Å²) in [7, 11) is 1.66. The molecule has 1 saturated heterocycles. The molecule has 0 radical (unpaired) electrons. The zero-order valence-corrected chi connectivity index (χ0v) is 17.2. The van der Waals surface area contributed by atoms with Crippen molar-refractivity contribution in [2.45, 2.75) is 39.2 Å². The zero-order valence-electron chi connectivity index (χ0n) is 16.5. The first-order valence-electron chi connectivity index (χ1n) is 9.73. The Morgan fingerprint density at radius 3 is 2.75 bits per heavy atom. The topological polar surface area (TPSA) is 71.7 Å². The van der Waals surface area contributed by atoms with Crippen molar-refractivity contribution in [1.29, 1.82) is 0 Å². The molecule has 0 atom stereocenters. The summed E-state index contributed by atoms with van der Waals surface area (Å²) in [5, 5.41) is 4.63. The van der Waals surface area contributed by atoms with E-state index in [4.69, 9.17) is 20.9 Å². The van der Waals surface area contributed by atoms with Crippen LogP contribution in [0.2, 0.25) is 5.02 Å². The average molecular weight is 407 g/mol. The van der Waals surface area contributed by atoms with Crippen LogP contribution in [-0.2, 0) is 24.2 Å². The number of ether oxygens (including phenoxy) is 1. The molecule has 0 bridgehead atoms. The van der Waals surface area contributed by atoms with Crippen molar-refractivity contribution in [1.82, 2.24) is 19.9 Å². The number of rotatable bonds is 8. The van der Waals surface area contributed by atoms with Crippen molar-refractivity contribution in [3.8, 4) is 5.75 Å². The summed E-state index contributed by atoms with van der Waals surface area (Å²) < 4.78 is 10.6. The molecule has 8 heteroatoms. The number of aryl methyl sites for hydroxylation is 2. The SMILES string of the molecule is CCCc1noc(CCC(=O)N2CCN(Cc3cc(Cl)ccc3OC)CC2)n1. The molecule has 152 valence electrons. The van der Waals surface area contributed by atoms with Gasteiger partial charge in [-0.2, -0.15) is 4.98 Å². The van der Waals surface area contributed by atoms with Crippen LogP contribution in [0, 0.1) is 0 Å². The van der Waals surface area contributed by atoms with Crippen LogP contribution in [0.25, 0.3) is 0 Å². The van der Waals surface area contributed by atoms with Crippen molar-refractivity contribution in [2.75, 3.05) is 33.3 Å². The highest BCUT2D eigenvalue weighted by atomic mass is 35.5. The van der Waals surface area contributed by atoms with Gasteiger partial charge in [0.25, 0.3) is 0 Å². The fourth-order valence-electron chi connectivity index (χ4n) is 3.36. The molecule has 0 spiro atoms. The molecule has 1 aromatic carbocycles. The molecule has 0 N–H and O–H groups in total. The van der Waals surface area contributed by atoms with Crippen LogP contribution in [0.5, 0.6) is 5.75 Å². The molecule has 1 amide bonds. The Morgan fingerprint density at radius 1 is 1.25 bits per heavy atom. The van der Waals surface area contributed by atoms with Crippen LogP contribution in [0.1, 0.15) is 37.0 Å². The predicted octanol–water partition coefficient (Wildman–Crippen LogP) is 2.96. The molecular weight excluding hydrogens is 380 g/mol. The van der Waals surface area contributed by atoms with E-state index in [1.165, 1.54) is 0 Å². The number of hydrogen-bond acceptors (Lipinski definition) is 6. The average Bonchev–Trinajstić information content (AvgIpc) is 3.15. The minimum Gasteiger partial charge on any atom is -0.496 e. The number of nitrogens with zero attached hydrogens (tertiary/aromatic N) is 4. The Balaban J connectivity index is 1.45. The van der Waals surface area contributed by atoms with Gasteiger partial charge in [-0.3, -0.25) is 9.69 Å². The Labute approximate surface area is 170 Å². The minimum absolute atomic E-state index is 0.134. The summed E-state index contributed by atoms with van der Waals surface area (Å²) >= 11 is 6.12. The number of methoxy groups -OCH3 is 1. The highest BCUT2D eigenvalue weighted by molar-refractivity contribution is 6.30. The number of aromatic nitrogens is 2. The number of halogens is 1. The molecule has 2 aromatic rings. The smallest absolute Gasteiger partial charge is 0.227 e. The highest BCUT2D eigenvalue weighted by Gasteiger charge is 2.22. The number of carbonyl (C=O) groups is 1. The Hall–Kier alpha value is -2.12. The lowest BCUT2D eigenvalue weighted by atomic mass is 10.1. The number of carbonyl (C=O) groups excluding carboxylic acids is 1. The standard InChI is InChI=1S/C20H27ClN4O3/c1-3-4-18-22-19(28-23-18)7-8-20(26)25-11-9-24(10-12-25)14-15-13-16(21)5-6-17(15)27-2/h5-6,13H,3-4,7-12,14H2,1-2H3. The number of hydrogen-bond donors (Lipinski definition) is 0. The molecule has 28 heavy (non-hydrogen) atoms. The molecule has 7 nitrogen and oxygen atoms in total. The second kappa shape index (κ2) is 9.89. The first-order chi connectivity index (χ1) is 13.6. The van der Waals surface area contributed by atoms with Crippen LogP contribution >= 0.6 is 11.6 Å². The normalized spacial score (nSPS) is 15.0. The maximum atomic E-state index is 12.5. The Bertz CT molecular complexity index is 788. The van der Waals surface area contributed by atoms with Gasteiger partial charge in [0.05, 0.1) is 7.11 Å². The van der Waals surface area contributed by atoms with Crippen molar-refractivity contribution in [3.05, 3.63) is 40.5 Å². The van der Waals surface area contributed by atoms with E-state index < -0.39 is 0 Å².